The van der Waals surface area contributed by atoms with Crippen LogP contribution in [0.3, 0.4) is 0 Å². The van der Waals surface area contributed by atoms with Crippen molar-refractivity contribution in [3.63, 3.8) is 0 Å². The fraction of sp³-hybridized carbons (Fsp3) is 0.458. The molecule has 0 fully saturated rings. The number of rotatable bonds is 11. The summed E-state index contributed by atoms with van der Waals surface area (Å²) >= 11 is 6.35. The van der Waals surface area contributed by atoms with Crippen LogP contribution in [0, 0.1) is 13.8 Å². The summed E-state index contributed by atoms with van der Waals surface area (Å²) in [5, 5.41) is 9.85. The maximum absolute atomic E-state index is 12.5. The van der Waals surface area contributed by atoms with Gasteiger partial charge in [-0.2, -0.15) is 0 Å². The number of carbonyl (C=O) groups excluding carboxylic acids is 1. The van der Waals surface area contributed by atoms with E-state index in [1.807, 2.05) is 13.0 Å². The molecule has 1 unspecified atom stereocenters. The minimum absolute atomic E-state index is 0.0944. The SMILES string of the molecule is CCC(N)(CO)COCc1ccc(C(=O)CCCc2cc(C)ccc2C)cc1Cl. The van der Waals surface area contributed by atoms with Gasteiger partial charge in [0.25, 0.3) is 0 Å². The highest BCUT2D eigenvalue weighted by atomic mass is 35.5. The summed E-state index contributed by atoms with van der Waals surface area (Å²) in [6.07, 6.45) is 2.80. The summed E-state index contributed by atoms with van der Waals surface area (Å²) in [5.41, 5.74) is 10.5. The first-order valence-electron chi connectivity index (χ1n) is 10.1. The predicted octanol–water partition coefficient (Wildman–Crippen LogP) is 4.78. The van der Waals surface area contributed by atoms with Crippen LogP contribution < -0.4 is 5.73 Å². The monoisotopic (exact) mass is 417 g/mol. The number of aliphatic hydroxyl groups is 1. The zero-order chi connectivity index (χ0) is 21.4. The second-order valence-electron chi connectivity index (χ2n) is 7.88. The number of halogens is 1. The molecule has 2 aromatic carbocycles. The Morgan fingerprint density at radius 1 is 1.17 bits per heavy atom. The van der Waals surface area contributed by atoms with Gasteiger partial charge in [-0.25, -0.2) is 0 Å². The Kier molecular flexibility index (Phi) is 8.84. The molecule has 0 radical (unpaired) electrons. The molecule has 0 amide bonds. The van der Waals surface area contributed by atoms with Crippen LogP contribution in [0.15, 0.2) is 36.4 Å². The van der Waals surface area contributed by atoms with E-state index in [1.165, 1.54) is 16.7 Å². The topological polar surface area (TPSA) is 72.6 Å². The summed E-state index contributed by atoms with van der Waals surface area (Å²) in [4.78, 5) is 12.5. The quantitative estimate of drug-likeness (QED) is 0.516. The van der Waals surface area contributed by atoms with Gasteiger partial charge in [0.15, 0.2) is 5.78 Å². The molecule has 0 aliphatic carbocycles. The molecule has 3 N–H and O–H groups in total. The standard InChI is InChI=1S/C24H32ClNO3/c1-4-24(26,15-27)16-29-14-21-11-10-20(13-22(21)25)23(28)7-5-6-19-12-17(2)8-9-18(19)3/h8-13,27H,4-7,14-16,26H2,1-3H3. The van der Waals surface area contributed by atoms with Crippen molar-refractivity contribution < 1.29 is 14.6 Å². The van der Waals surface area contributed by atoms with Crippen molar-refractivity contribution in [1.82, 2.24) is 0 Å². The van der Waals surface area contributed by atoms with E-state index in [0.29, 0.717) is 30.0 Å². The van der Waals surface area contributed by atoms with Gasteiger partial charge in [-0.05, 0) is 55.9 Å². The van der Waals surface area contributed by atoms with Crippen LogP contribution in [-0.2, 0) is 17.8 Å². The van der Waals surface area contributed by atoms with Crippen molar-refractivity contribution in [2.24, 2.45) is 5.73 Å². The smallest absolute Gasteiger partial charge is 0.162 e. The maximum atomic E-state index is 12.5. The Morgan fingerprint density at radius 2 is 1.93 bits per heavy atom. The minimum atomic E-state index is -0.738. The van der Waals surface area contributed by atoms with E-state index < -0.39 is 5.54 Å². The van der Waals surface area contributed by atoms with E-state index >= 15 is 0 Å². The Hall–Kier alpha value is -1.72. The maximum Gasteiger partial charge on any atom is 0.162 e. The molecule has 0 bridgehead atoms. The summed E-state index contributed by atoms with van der Waals surface area (Å²) in [7, 11) is 0. The van der Waals surface area contributed by atoms with Gasteiger partial charge < -0.3 is 15.6 Å². The Labute approximate surface area is 179 Å². The third-order valence-corrected chi connectivity index (χ3v) is 5.75. The van der Waals surface area contributed by atoms with E-state index in [2.05, 4.69) is 32.0 Å². The fourth-order valence-corrected chi connectivity index (χ4v) is 3.35. The number of aliphatic hydroxyl groups excluding tert-OH is 1. The Bertz CT molecular complexity index is 831. The lowest BCUT2D eigenvalue weighted by atomic mass is 9.98. The van der Waals surface area contributed by atoms with E-state index in [0.717, 1.165) is 18.4 Å². The van der Waals surface area contributed by atoms with Crippen molar-refractivity contribution in [2.75, 3.05) is 13.2 Å². The van der Waals surface area contributed by atoms with Crippen LogP contribution in [0.5, 0.6) is 0 Å². The number of aryl methyl sites for hydroxylation is 3. The number of benzene rings is 2. The van der Waals surface area contributed by atoms with Crippen molar-refractivity contribution in [3.05, 3.63) is 69.2 Å². The molecule has 0 aliphatic rings. The number of Topliss-reactive ketones (excluding diaryl/α,β-unsaturated/α-hetero) is 1. The van der Waals surface area contributed by atoms with Gasteiger partial charge in [0, 0.05) is 17.0 Å². The lowest BCUT2D eigenvalue weighted by Crippen LogP contribution is -2.47. The molecule has 29 heavy (non-hydrogen) atoms. The summed E-state index contributed by atoms with van der Waals surface area (Å²) < 4.78 is 5.63. The lowest BCUT2D eigenvalue weighted by molar-refractivity contribution is 0.0441. The molecule has 0 saturated heterocycles. The normalized spacial score (nSPS) is 13.3. The van der Waals surface area contributed by atoms with Gasteiger partial charge in [-0.15, -0.1) is 0 Å². The number of hydrogen-bond donors (Lipinski definition) is 2. The highest BCUT2D eigenvalue weighted by Gasteiger charge is 2.22. The number of carbonyl (C=O) groups is 1. The van der Waals surface area contributed by atoms with E-state index in [-0.39, 0.29) is 19.0 Å². The second kappa shape index (κ2) is 10.9. The number of ether oxygens (including phenoxy) is 1. The Balaban J connectivity index is 1.88. The van der Waals surface area contributed by atoms with E-state index in [1.54, 1.807) is 12.1 Å². The number of ketones is 1. The molecule has 0 saturated carbocycles. The van der Waals surface area contributed by atoms with Crippen LogP contribution >= 0.6 is 11.6 Å². The first kappa shape index (κ1) is 23.6. The van der Waals surface area contributed by atoms with Crippen molar-refractivity contribution in [2.45, 2.75) is 58.6 Å². The molecule has 4 nitrogen and oxygen atoms in total. The zero-order valence-electron chi connectivity index (χ0n) is 17.6. The first-order chi connectivity index (χ1) is 13.8. The van der Waals surface area contributed by atoms with Crippen LogP contribution in [0.4, 0.5) is 0 Å². The van der Waals surface area contributed by atoms with Gasteiger partial charge in [0.2, 0.25) is 0 Å². The molecule has 0 aliphatic heterocycles. The van der Waals surface area contributed by atoms with E-state index in [4.69, 9.17) is 22.1 Å². The van der Waals surface area contributed by atoms with Gasteiger partial charge >= 0.3 is 0 Å². The van der Waals surface area contributed by atoms with Crippen LogP contribution in [0.2, 0.25) is 5.02 Å². The molecule has 2 rings (SSSR count). The molecule has 0 spiro atoms. The van der Waals surface area contributed by atoms with E-state index in [9.17, 15) is 9.90 Å². The third-order valence-electron chi connectivity index (χ3n) is 5.40. The van der Waals surface area contributed by atoms with Gasteiger partial charge in [-0.3, -0.25) is 4.79 Å². The molecule has 0 heterocycles. The molecule has 1 atom stereocenters. The first-order valence-corrected chi connectivity index (χ1v) is 10.5. The second-order valence-corrected chi connectivity index (χ2v) is 8.29. The van der Waals surface area contributed by atoms with Crippen molar-refractivity contribution >= 4 is 17.4 Å². The molecule has 5 heteroatoms. The number of nitrogens with two attached hydrogens (primary N) is 1. The van der Waals surface area contributed by atoms with Gasteiger partial charge in [-0.1, -0.05) is 54.4 Å². The zero-order valence-corrected chi connectivity index (χ0v) is 18.4. The molecular weight excluding hydrogens is 386 g/mol. The molecule has 2 aromatic rings. The van der Waals surface area contributed by atoms with Crippen LogP contribution in [0.25, 0.3) is 0 Å². The summed E-state index contributed by atoms with van der Waals surface area (Å²) in [5.74, 6) is 0.0944. The lowest BCUT2D eigenvalue weighted by Gasteiger charge is -2.25. The average Bonchev–Trinajstić information content (AvgIpc) is 2.71. The molecule has 0 aromatic heterocycles. The summed E-state index contributed by atoms with van der Waals surface area (Å²) in [6, 6.07) is 11.8. The van der Waals surface area contributed by atoms with Crippen molar-refractivity contribution in [3.8, 4) is 0 Å². The van der Waals surface area contributed by atoms with Crippen LogP contribution in [-0.4, -0.2) is 29.6 Å². The van der Waals surface area contributed by atoms with Gasteiger partial charge in [0.1, 0.15) is 0 Å². The Morgan fingerprint density at radius 3 is 2.59 bits per heavy atom. The number of hydrogen-bond acceptors (Lipinski definition) is 4. The average molecular weight is 418 g/mol. The minimum Gasteiger partial charge on any atom is -0.394 e. The molecule has 158 valence electrons. The highest BCUT2D eigenvalue weighted by molar-refractivity contribution is 6.31. The summed E-state index contributed by atoms with van der Waals surface area (Å²) in [6.45, 7) is 6.50. The largest absolute Gasteiger partial charge is 0.394 e. The molecular formula is C24H32ClNO3. The van der Waals surface area contributed by atoms with Crippen LogP contribution in [0.1, 0.15) is 58.8 Å². The highest BCUT2D eigenvalue weighted by Crippen LogP contribution is 2.21. The van der Waals surface area contributed by atoms with Gasteiger partial charge in [0.05, 0.1) is 25.4 Å². The van der Waals surface area contributed by atoms with Crippen molar-refractivity contribution in [1.29, 1.82) is 0 Å². The predicted molar refractivity (Wildman–Crippen MR) is 119 cm³/mol. The third kappa shape index (κ3) is 6.93. The fourth-order valence-electron chi connectivity index (χ4n) is 3.11.